The number of nitrogens with two attached hydrogens (primary N) is 1. The van der Waals surface area contributed by atoms with Crippen LogP contribution in [0.25, 0.3) is 38.9 Å². The van der Waals surface area contributed by atoms with Crippen LogP contribution in [0.2, 0.25) is 0 Å². The number of imidazole rings is 1. The zero-order chi connectivity index (χ0) is 24.6. The van der Waals surface area contributed by atoms with Crippen LogP contribution in [0.5, 0.6) is 0 Å². The Morgan fingerprint density at radius 2 is 1.72 bits per heavy atom. The van der Waals surface area contributed by atoms with Crippen LogP contribution in [-0.4, -0.2) is 45.2 Å². The van der Waals surface area contributed by atoms with Crippen LogP contribution >= 0.6 is 0 Å². The van der Waals surface area contributed by atoms with Crippen LogP contribution in [0.1, 0.15) is 18.7 Å². The minimum atomic E-state index is -2.51. The second-order valence-corrected chi connectivity index (χ2v) is 10.3. The molecule has 0 atom stereocenters. The van der Waals surface area contributed by atoms with E-state index in [1.54, 1.807) is 6.20 Å². The molecule has 36 heavy (non-hydrogen) atoms. The summed E-state index contributed by atoms with van der Waals surface area (Å²) in [6.07, 6.45) is 5.97. The largest absolute Gasteiger partial charge is 0.382 e. The molecule has 0 amide bonds. The fraction of sp³-hybridized carbons (Fsp3) is 0.222. The number of aromatic nitrogens is 4. The number of benzene rings is 2. The summed E-state index contributed by atoms with van der Waals surface area (Å²) < 4.78 is 26.2. The number of anilines is 1. The molecule has 6 rings (SSSR count). The zero-order valence-corrected chi connectivity index (χ0v) is 20.5. The Kier molecular flexibility index (Phi) is 5.86. The molecule has 0 unspecified atom stereocenters. The van der Waals surface area contributed by atoms with Gasteiger partial charge in [-0.2, -0.15) is 0 Å². The van der Waals surface area contributed by atoms with Crippen LogP contribution < -0.4 is 5.73 Å². The van der Waals surface area contributed by atoms with Gasteiger partial charge in [0.1, 0.15) is 22.9 Å². The van der Waals surface area contributed by atoms with Gasteiger partial charge in [-0.05, 0) is 30.9 Å². The SMILES string of the molecule is Nc1nccn2c(CC3CCN([SH](=O)=O)CC3)nc(-c3ccc4ccc(-c5ccccc5)nc4c3)c12. The molecule has 182 valence electrons. The summed E-state index contributed by atoms with van der Waals surface area (Å²) in [6.45, 7) is 1.12. The molecular weight excluding hydrogens is 472 g/mol. The molecule has 0 radical (unpaired) electrons. The molecule has 0 aliphatic carbocycles. The first-order valence-electron chi connectivity index (χ1n) is 12.0. The third-order valence-electron chi connectivity index (χ3n) is 6.98. The third-order valence-corrected chi connectivity index (χ3v) is 7.85. The van der Waals surface area contributed by atoms with Gasteiger partial charge in [0, 0.05) is 48.4 Å². The Balaban J connectivity index is 1.39. The molecule has 1 aliphatic rings. The fourth-order valence-electron chi connectivity index (χ4n) is 5.05. The first-order chi connectivity index (χ1) is 17.6. The Morgan fingerprint density at radius 1 is 0.944 bits per heavy atom. The van der Waals surface area contributed by atoms with Crippen LogP contribution in [-0.2, 0) is 17.3 Å². The van der Waals surface area contributed by atoms with E-state index >= 15 is 0 Å². The molecule has 2 aromatic carbocycles. The molecule has 5 aromatic rings. The summed E-state index contributed by atoms with van der Waals surface area (Å²) in [5.41, 5.74) is 11.7. The van der Waals surface area contributed by atoms with Gasteiger partial charge in [0.2, 0.25) is 10.9 Å². The van der Waals surface area contributed by atoms with Gasteiger partial charge in [-0.15, -0.1) is 0 Å². The summed E-state index contributed by atoms with van der Waals surface area (Å²) in [5, 5.41) is 1.05. The van der Waals surface area contributed by atoms with E-state index in [1.165, 1.54) is 4.31 Å². The van der Waals surface area contributed by atoms with Crippen molar-refractivity contribution >= 4 is 33.1 Å². The van der Waals surface area contributed by atoms with E-state index in [9.17, 15) is 8.42 Å². The van der Waals surface area contributed by atoms with E-state index in [2.05, 4.69) is 35.3 Å². The topological polar surface area (TPSA) is 106 Å². The smallest absolute Gasteiger partial charge is 0.203 e. The van der Waals surface area contributed by atoms with Crippen molar-refractivity contribution in [2.45, 2.75) is 19.3 Å². The molecule has 9 heteroatoms. The highest BCUT2D eigenvalue weighted by atomic mass is 32.2. The van der Waals surface area contributed by atoms with E-state index in [-0.39, 0.29) is 0 Å². The summed E-state index contributed by atoms with van der Waals surface area (Å²) in [7, 11) is -2.51. The number of thiol groups is 1. The van der Waals surface area contributed by atoms with Crippen LogP contribution in [0.15, 0.2) is 73.1 Å². The van der Waals surface area contributed by atoms with Crippen molar-refractivity contribution in [3.8, 4) is 22.5 Å². The summed E-state index contributed by atoms with van der Waals surface area (Å²) in [5.74, 6) is 1.69. The normalized spacial score (nSPS) is 15.2. The van der Waals surface area contributed by atoms with E-state index in [0.717, 1.165) is 64.0 Å². The predicted molar refractivity (Wildman–Crippen MR) is 142 cm³/mol. The number of nitrogen functional groups attached to an aromatic ring is 1. The average Bonchev–Trinajstić information content (AvgIpc) is 3.28. The minimum Gasteiger partial charge on any atom is -0.382 e. The second-order valence-electron chi connectivity index (χ2n) is 9.22. The first kappa shape index (κ1) is 22.6. The predicted octanol–water partition coefficient (Wildman–Crippen LogP) is 3.97. The maximum absolute atomic E-state index is 11.3. The average molecular weight is 499 g/mol. The number of fused-ring (bicyclic) bond motifs is 2. The highest BCUT2D eigenvalue weighted by Gasteiger charge is 2.24. The summed E-state index contributed by atoms with van der Waals surface area (Å²) in [6, 6.07) is 20.4. The van der Waals surface area contributed by atoms with Crippen molar-refractivity contribution in [3.05, 3.63) is 78.9 Å². The van der Waals surface area contributed by atoms with Crippen molar-refractivity contribution in [1.82, 2.24) is 23.7 Å². The molecule has 0 bridgehead atoms. The molecule has 1 fully saturated rings. The standard InChI is InChI=1S/C27H26N6O2S/c28-27-26-25(21-7-6-20-8-9-22(30-23(20)17-21)19-4-2-1-3-5-19)31-24(33(26)15-12-29-27)16-18-10-13-32(14-11-18)36(34)35/h1-9,12,15,17-18,36H,10-11,13-14,16H2,(H2,28,29). The van der Waals surface area contributed by atoms with Crippen LogP contribution in [0, 0.1) is 5.92 Å². The van der Waals surface area contributed by atoms with Gasteiger partial charge in [0.25, 0.3) is 0 Å². The number of hydrogen-bond acceptors (Lipinski definition) is 6. The van der Waals surface area contributed by atoms with Crippen molar-refractivity contribution in [2.75, 3.05) is 18.8 Å². The number of hydrogen-bond donors (Lipinski definition) is 2. The number of nitrogens with zero attached hydrogens (tertiary/aromatic N) is 5. The first-order valence-corrected chi connectivity index (χ1v) is 13.2. The van der Waals surface area contributed by atoms with Crippen molar-refractivity contribution in [2.24, 2.45) is 5.92 Å². The molecule has 2 N–H and O–H groups in total. The third kappa shape index (κ3) is 4.20. The van der Waals surface area contributed by atoms with Crippen molar-refractivity contribution in [3.63, 3.8) is 0 Å². The molecule has 3 aromatic heterocycles. The maximum atomic E-state index is 11.3. The summed E-state index contributed by atoms with van der Waals surface area (Å²) >= 11 is 0. The Hall–Kier alpha value is -3.82. The fourth-order valence-corrected chi connectivity index (χ4v) is 5.61. The lowest BCUT2D eigenvalue weighted by atomic mass is 9.94. The zero-order valence-electron chi connectivity index (χ0n) is 19.6. The molecular formula is C27H26N6O2S. The van der Waals surface area contributed by atoms with Crippen LogP contribution in [0.4, 0.5) is 5.82 Å². The summed E-state index contributed by atoms with van der Waals surface area (Å²) in [4.78, 5) is 14.3. The Bertz CT molecular complexity index is 1630. The van der Waals surface area contributed by atoms with E-state index in [1.807, 2.05) is 40.9 Å². The molecule has 1 saturated heterocycles. The van der Waals surface area contributed by atoms with Gasteiger partial charge >= 0.3 is 0 Å². The van der Waals surface area contributed by atoms with E-state index < -0.39 is 10.9 Å². The molecule has 0 saturated carbocycles. The monoisotopic (exact) mass is 498 g/mol. The Labute approximate surface area is 210 Å². The van der Waals surface area contributed by atoms with E-state index in [0.29, 0.717) is 24.8 Å². The number of rotatable bonds is 5. The molecule has 4 heterocycles. The van der Waals surface area contributed by atoms with Crippen molar-refractivity contribution < 1.29 is 8.42 Å². The van der Waals surface area contributed by atoms with Crippen LogP contribution in [0.3, 0.4) is 0 Å². The lowest BCUT2D eigenvalue weighted by molar-refractivity contribution is 0.275. The highest BCUT2D eigenvalue weighted by Crippen LogP contribution is 2.32. The van der Waals surface area contributed by atoms with Gasteiger partial charge in [-0.1, -0.05) is 48.5 Å². The second kappa shape index (κ2) is 9.33. The molecule has 8 nitrogen and oxygen atoms in total. The Morgan fingerprint density at radius 3 is 2.50 bits per heavy atom. The van der Waals surface area contributed by atoms with Crippen molar-refractivity contribution in [1.29, 1.82) is 0 Å². The quantitative estimate of drug-likeness (QED) is 0.355. The van der Waals surface area contributed by atoms with Gasteiger partial charge < -0.3 is 5.73 Å². The van der Waals surface area contributed by atoms with Gasteiger partial charge in [-0.3, -0.25) is 4.40 Å². The van der Waals surface area contributed by atoms with Gasteiger partial charge in [-0.25, -0.2) is 27.7 Å². The maximum Gasteiger partial charge on any atom is 0.203 e. The van der Waals surface area contributed by atoms with E-state index in [4.69, 9.17) is 15.7 Å². The lowest BCUT2D eigenvalue weighted by Crippen LogP contribution is -2.33. The number of pyridine rings is 1. The molecule has 0 spiro atoms. The van der Waals surface area contributed by atoms with Gasteiger partial charge in [0.05, 0.1) is 11.2 Å². The number of piperidine rings is 1. The lowest BCUT2D eigenvalue weighted by Gasteiger charge is -2.27. The van der Waals surface area contributed by atoms with Gasteiger partial charge in [0.15, 0.2) is 0 Å². The minimum absolute atomic E-state index is 0.357. The highest BCUT2D eigenvalue weighted by molar-refractivity contribution is 7.69. The molecule has 1 aliphatic heterocycles.